The van der Waals surface area contributed by atoms with Crippen molar-refractivity contribution in [2.75, 3.05) is 25.5 Å². The quantitative estimate of drug-likeness (QED) is 0.763. The molecule has 2 aromatic rings. The second kappa shape index (κ2) is 7.81. The topological polar surface area (TPSA) is 45.8 Å². The van der Waals surface area contributed by atoms with Crippen molar-refractivity contribution in [1.29, 1.82) is 0 Å². The van der Waals surface area contributed by atoms with Crippen molar-refractivity contribution in [3.8, 4) is 5.75 Å². The molecule has 1 spiro atoms. The molecule has 2 heterocycles. The number of ether oxygens (including phenoxy) is 1. The third-order valence-corrected chi connectivity index (χ3v) is 5.71. The van der Waals surface area contributed by atoms with Crippen molar-refractivity contribution in [3.05, 3.63) is 65.7 Å². The summed E-state index contributed by atoms with van der Waals surface area (Å²) in [5, 5.41) is 4.04. The van der Waals surface area contributed by atoms with Gasteiger partial charge in [0, 0.05) is 37.7 Å². The van der Waals surface area contributed by atoms with Gasteiger partial charge >= 0.3 is 0 Å². The van der Waals surface area contributed by atoms with Gasteiger partial charge in [0.15, 0.2) is 5.11 Å². The minimum absolute atomic E-state index is 0.262. The number of hydrogen-bond donors (Lipinski definition) is 2. The van der Waals surface area contributed by atoms with E-state index in [1.165, 1.54) is 5.56 Å². The molecule has 146 valence electrons. The van der Waals surface area contributed by atoms with Gasteiger partial charge in [-0.1, -0.05) is 35.9 Å². The fourth-order valence-corrected chi connectivity index (χ4v) is 3.89. The highest BCUT2D eigenvalue weighted by atomic mass is 32.1. The number of likely N-dealkylation sites (tertiary alicyclic amines) is 1. The molecule has 0 atom stereocenters. The zero-order valence-electron chi connectivity index (χ0n) is 16.2. The Kier molecular flexibility index (Phi) is 5.24. The highest BCUT2D eigenvalue weighted by molar-refractivity contribution is 7.80. The lowest BCUT2D eigenvalue weighted by molar-refractivity contribution is -0.0615. The van der Waals surface area contributed by atoms with Crippen LogP contribution in [0.5, 0.6) is 5.75 Å². The number of nitrogens with zero attached hydrogens (tertiary/aromatic N) is 1. The Balaban J connectivity index is 1.37. The molecule has 1 fully saturated rings. The fraction of sp³-hybridized carbons (Fsp3) is 0.318. The first-order chi connectivity index (χ1) is 13.6. The number of methoxy groups -OCH3 is 1. The first-order valence-corrected chi connectivity index (χ1v) is 9.92. The van der Waals surface area contributed by atoms with Crippen LogP contribution in [0.1, 0.15) is 24.0 Å². The minimum Gasteiger partial charge on any atom is -0.497 e. The summed E-state index contributed by atoms with van der Waals surface area (Å²) in [4.78, 5) is 8.20. The highest BCUT2D eigenvalue weighted by Gasteiger charge is 2.39. The fourth-order valence-electron chi connectivity index (χ4n) is 3.59. The Labute approximate surface area is 171 Å². The Hall–Kier alpha value is -2.57. The first-order valence-electron chi connectivity index (χ1n) is 9.51. The van der Waals surface area contributed by atoms with Crippen molar-refractivity contribution < 1.29 is 9.57 Å². The molecular formula is C22H25N3O2S. The third kappa shape index (κ3) is 3.98. The van der Waals surface area contributed by atoms with Crippen molar-refractivity contribution in [1.82, 2.24) is 10.4 Å². The van der Waals surface area contributed by atoms with E-state index in [-0.39, 0.29) is 5.60 Å². The number of hydrogen-bond acceptors (Lipinski definition) is 4. The summed E-state index contributed by atoms with van der Waals surface area (Å²) in [6.45, 7) is 3.78. The molecule has 0 unspecified atom stereocenters. The number of benzene rings is 2. The van der Waals surface area contributed by atoms with Crippen LogP contribution >= 0.6 is 12.2 Å². The van der Waals surface area contributed by atoms with Gasteiger partial charge in [0.25, 0.3) is 0 Å². The van der Waals surface area contributed by atoms with E-state index < -0.39 is 0 Å². The standard InChI is InChI=1S/C22H25N3O2S/c1-16-6-8-17(9-7-16)20-15-22(27-24-20)10-12-25(13-11-22)21(28)23-18-4-3-5-19(14-18)26-2/h3-9,14-15,24H,10-13H2,1-2H3,(H,23,28). The van der Waals surface area contributed by atoms with Crippen LogP contribution in [0.15, 0.2) is 54.6 Å². The summed E-state index contributed by atoms with van der Waals surface area (Å²) in [7, 11) is 1.66. The molecule has 6 heteroatoms. The molecule has 0 amide bonds. The molecule has 4 rings (SSSR count). The van der Waals surface area contributed by atoms with Crippen LogP contribution in [-0.4, -0.2) is 35.8 Å². The number of piperidine rings is 1. The normalized spacial score (nSPS) is 17.8. The summed E-state index contributed by atoms with van der Waals surface area (Å²) >= 11 is 5.61. The lowest BCUT2D eigenvalue weighted by atomic mass is 9.90. The Morgan fingerprint density at radius 2 is 1.93 bits per heavy atom. The molecule has 0 aliphatic carbocycles. The maximum Gasteiger partial charge on any atom is 0.173 e. The van der Waals surface area contributed by atoms with Gasteiger partial charge < -0.3 is 15.0 Å². The third-order valence-electron chi connectivity index (χ3n) is 5.35. The molecule has 2 aliphatic heterocycles. The van der Waals surface area contributed by atoms with E-state index >= 15 is 0 Å². The summed E-state index contributed by atoms with van der Waals surface area (Å²) in [5.74, 6) is 0.810. The predicted molar refractivity (Wildman–Crippen MR) is 116 cm³/mol. The Morgan fingerprint density at radius 1 is 1.18 bits per heavy atom. The molecule has 0 aromatic heterocycles. The molecule has 2 aliphatic rings. The van der Waals surface area contributed by atoms with E-state index in [2.05, 4.69) is 53.0 Å². The van der Waals surface area contributed by atoms with Gasteiger partial charge in [-0.3, -0.25) is 10.3 Å². The van der Waals surface area contributed by atoms with E-state index in [4.69, 9.17) is 21.8 Å². The minimum atomic E-state index is -0.262. The summed E-state index contributed by atoms with van der Waals surface area (Å²) in [6, 6.07) is 16.3. The zero-order valence-corrected chi connectivity index (χ0v) is 17.0. The van der Waals surface area contributed by atoms with Crippen LogP contribution in [0.3, 0.4) is 0 Å². The van der Waals surface area contributed by atoms with Crippen LogP contribution in [0.2, 0.25) is 0 Å². The van der Waals surface area contributed by atoms with Crippen LogP contribution in [0.4, 0.5) is 5.69 Å². The van der Waals surface area contributed by atoms with Crippen LogP contribution in [0, 0.1) is 6.92 Å². The Bertz CT molecular complexity index is 887. The highest BCUT2D eigenvalue weighted by Crippen LogP contribution is 2.35. The van der Waals surface area contributed by atoms with E-state index in [0.717, 1.165) is 53.7 Å². The molecule has 0 saturated carbocycles. The second-order valence-corrected chi connectivity index (χ2v) is 7.73. The number of anilines is 1. The number of hydroxylamine groups is 1. The van der Waals surface area contributed by atoms with Gasteiger partial charge in [-0.15, -0.1) is 0 Å². The van der Waals surface area contributed by atoms with Crippen LogP contribution in [0.25, 0.3) is 5.70 Å². The van der Waals surface area contributed by atoms with Gasteiger partial charge in [-0.05, 0) is 42.9 Å². The van der Waals surface area contributed by atoms with E-state index in [9.17, 15) is 0 Å². The number of rotatable bonds is 3. The summed E-state index contributed by atoms with van der Waals surface area (Å²) in [6.07, 6.45) is 4.00. The average molecular weight is 396 g/mol. The predicted octanol–water partition coefficient (Wildman–Crippen LogP) is 4.11. The molecule has 28 heavy (non-hydrogen) atoms. The number of aryl methyl sites for hydroxylation is 1. The van der Waals surface area contributed by atoms with E-state index in [1.807, 2.05) is 24.3 Å². The SMILES string of the molecule is COc1cccc(NC(=S)N2CCC3(C=C(c4ccc(C)cc4)NO3)CC2)c1. The molecular weight excluding hydrogens is 370 g/mol. The van der Waals surface area contributed by atoms with Crippen molar-refractivity contribution >= 4 is 28.7 Å². The summed E-state index contributed by atoms with van der Waals surface area (Å²) < 4.78 is 5.27. The maximum absolute atomic E-state index is 6.01. The maximum atomic E-state index is 6.01. The average Bonchev–Trinajstić information content (AvgIpc) is 3.12. The zero-order chi connectivity index (χ0) is 19.6. The van der Waals surface area contributed by atoms with Crippen molar-refractivity contribution in [2.24, 2.45) is 0 Å². The molecule has 5 nitrogen and oxygen atoms in total. The molecule has 2 N–H and O–H groups in total. The molecule has 2 aromatic carbocycles. The Morgan fingerprint density at radius 3 is 2.64 bits per heavy atom. The van der Waals surface area contributed by atoms with Gasteiger partial charge in [-0.2, -0.15) is 0 Å². The molecule has 0 radical (unpaired) electrons. The van der Waals surface area contributed by atoms with Crippen LogP contribution in [-0.2, 0) is 4.84 Å². The summed E-state index contributed by atoms with van der Waals surface area (Å²) in [5.41, 5.74) is 7.26. The monoisotopic (exact) mass is 395 g/mol. The molecule has 1 saturated heterocycles. The van der Waals surface area contributed by atoms with Gasteiger partial charge in [-0.25, -0.2) is 0 Å². The van der Waals surface area contributed by atoms with Gasteiger partial charge in [0.1, 0.15) is 11.4 Å². The lowest BCUT2D eigenvalue weighted by Crippen LogP contribution is -2.48. The van der Waals surface area contributed by atoms with Gasteiger partial charge in [0.05, 0.1) is 12.8 Å². The first kappa shape index (κ1) is 18.8. The van der Waals surface area contributed by atoms with E-state index in [1.54, 1.807) is 7.11 Å². The smallest absolute Gasteiger partial charge is 0.173 e. The van der Waals surface area contributed by atoms with Gasteiger partial charge in [0.2, 0.25) is 0 Å². The second-order valence-electron chi connectivity index (χ2n) is 7.34. The lowest BCUT2D eigenvalue weighted by Gasteiger charge is -2.37. The van der Waals surface area contributed by atoms with Crippen molar-refractivity contribution in [2.45, 2.75) is 25.4 Å². The van der Waals surface area contributed by atoms with Crippen LogP contribution < -0.4 is 15.5 Å². The van der Waals surface area contributed by atoms with Crippen molar-refractivity contribution in [3.63, 3.8) is 0 Å². The van der Waals surface area contributed by atoms with E-state index in [0.29, 0.717) is 0 Å². The number of nitrogens with one attached hydrogen (secondary N) is 2. The largest absolute Gasteiger partial charge is 0.497 e. The number of thiocarbonyl (C=S) groups is 1. The molecule has 0 bridgehead atoms.